The number of nitrogens with one attached hydrogen (secondary N) is 6. The van der Waals surface area contributed by atoms with E-state index in [4.69, 9.17) is 35.8 Å². The van der Waals surface area contributed by atoms with Gasteiger partial charge in [-0.3, -0.25) is 34.2 Å². The van der Waals surface area contributed by atoms with Crippen molar-refractivity contribution in [2.75, 3.05) is 26.5 Å². The Morgan fingerprint density at radius 1 is 0.811 bits per heavy atom. The Morgan fingerprint density at radius 2 is 1.53 bits per heavy atom. The van der Waals surface area contributed by atoms with E-state index in [1.54, 1.807) is 65.5 Å². The van der Waals surface area contributed by atoms with E-state index in [9.17, 15) is 33.9 Å². The van der Waals surface area contributed by atoms with Crippen molar-refractivity contribution in [1.29, 1.82) is 5.41 Å². The van der Waals surface area contributed by atoms with Crippen LogP contribution in [0.15, 0.2) is 58.6 Å². The molecule has 6 aromatic heterocycles. The number of thiazole rings is 5. The quantitative estimate of drug-likeness (QED) is 0.0599. The smallest absolute Gasteiger partial charge is 0.271 e. The van der Waals surface area contributed by atoms with Gasteiger partial charge in [-0.2, -0.15) is 0 Å². The Morgan fingerprint density at radius 3 is 2.26 bits per heavy atom. The number of primary amides is 1. The van der Waals surface area contributed by atoms with Crippen LogP contribution in [0.25, 0.3) is 32.7 Å². The molecule has 21 nitrogen and oxygen atoms in total. The molecule has 0 aliphatic carbocycles. The largest absolute Gasteiger partial charge is 0.386 e. The fraction of sp³-hybridized carbons (Fsp3) is 0.298. The summed E-state index contributed by atoms with van der Waals surface area (Å²) in [5, 5.41) is 41.3. The number of aryl methyl sites for hydroxylation is 1. The molecule has 0 saturated heterocycles. The van der Waals surface area contributed by atoms with E-state index < -0.39 is 66.2 Å². The third kappa shape index (κ3) is 12.3. The van der Waals surface area contributed by atoms with Gasteiger partial charge in [0.15, 0.2) is 0 Å². The van der Waals surface area contributed by atoms with Gasteiger partial charge in [-0.15, -0.1) is 56.7 Å². The van der Waals surface area contributed by atoms with Crippen molar-refractivity contribution in [2.24, 2.45) is 11.7 Å². The second-order valence-electron chi connectivity index (χ2n) is 16.7. The minimum atomic E-state index is -1.27. The number of aromatic nitrogens is 6. The number of pyridine rings is 1. The Bertz CT molecular complexity index is 3260. The summed E-state index contributed by atoms with van der Waals surface area (Å²) in [6.07, 6.45) is -1.49. The van der Waals surface area contributed by atoms with Crippen LogP contribution in [0.5, 0.6) is 0 Å². The maximum Gasteiger partial charge on any atom is 0.271 e. The number of nitrogens with zero attached hydrogens (tertiary/aromatic N) is 6. The highest BCUT2D eigenvalue weighted by Crippen LogP contribution is 2.39. The van der Waals surface area contributed by atoms with Crippen molar-refractivity contribution in [2.45, 2.75) is 58.0 Å². The van der Waals surface area contributed by atoms with Crippen molar-refractivity contribution in [3.05, 3.63) is 112 Å². The highest BCUT2D eigenvalue weighted by atomic mass is 32.2. The highest BCUT2D eigenvalue weighted by molar-refractivity contribution is 8.14. The average Bonchev–Trinajstić information content (AvgIpc) is 4.26. The van der Waals surface area contributed by atoms with Gasteiger partial charge in [-0.25, -0.2) is 29.9 Å². The molecule has 0 saturated carbocycles. The second kappa shape index (κ2) is 23.7. The standard InChI is InChI=1S/C47H47N13O8S6/c1-20(2)33-47-60-36(29(74-47)15-68-5)41(66)51-14-32(63)57-37(38(64)22-9-7-6-8-10-22)46-56-28(18-72-46)44-54-26(16-71-44)35-23(11-12-24(52-35)39(49)69-19-30(48)61)43-55-27(17-70-43)40(65)53-25(13-31(62)50-4)45-59-34(21(3)73-45)42(67)58-33/h6-12,16-18,20,25,33,37-38,49,64H,13-15,19H2,1-5H3,(H2,48,61)(H,50,62)(H,51,66)(H,53,65)(H,57,63)(H,58,67)/t25-,33-,37-,38-/m0/s1. The van der Waals surface area contributed by atoms with Crippen molar-refractivity contribution in [1.82, 2.24) is 56.5 Å². The molecule has 1 aromatic carbocycles. The first-order valence-corrected chi connectivity index (χ1v) is 27.7. The molecule has 74 heavy (non-hydrogen) atoms. The summed E-state index contributed by atoms with van der Waals surface area (Å²) in [4.78, 5) is 110. The highest BCUT2D eigenvalue weighted by Gasteiger charge is 2.33. The molecule has 7 heterocycles. The van der Waals surface area contributed by atoms with Crippen LogP contribution in [0.1, 0.15) is 112 Å². The number of carbonyl (C=O) groups is 6. The summed E-state index contributed by atoms with van der Waals surface area (Å²) < 4.78 is 5.43. The van der Waals surface area contributed by atoms with Crippen LogP contribution in [0.3, 0.4) is 0 Å². The first-order valence-electron chi connectivity index (χ1n) is 22.5. The number of aliphatic hydroxyl groups is 1. The molecule has 384 valence electrons. The lowest BCUT2D eigenvalue weighted by atomic mass is 10.0. The van der Waals surface area contributed by atoms with E-state index in [-0.39, 0.29) is 57.5 Å². The molecular formula is C47H47N13O8S6. The minimum Gasteiger partial charge on any atom is -0.386 e. The van der Waals surface area contributed by atoms with Crippen LogP contribution >= 0.6 is 68.4 Å². The molecule has 4 atom stereocenters. The molecule has 1 aliphatic rings. The Hall–Kier alpha value is -6.72. The number of ether oxygens (including phenoxy) is 1. The lowest BCUT2D eigenvalue weighted by Crippen LogP contribution is -2.40. The van der Waals surface area contributed by atoms with Crippen LogP contribution < -0.4 is 32.3 Å². The molecule has 0 spiro atoms. The predicted octanol–water partition coefficient (Wildman–Crippen LogP) is 5.73. The Balaban J connectivity index is 1.22. The molecule has 1 aliphatic heterocycles. The summed E-state index contributed by atoms with van der Waals surface area (Å²) in [5.74, 6) is -3.90. The number of fused-ring (bicyclic) bond motifs is 14. The number of hydrogen-bond donors (Lipinski definition) is 8. The van der Waals surface area contributed by atoms with Crippen molar-refractivity contribution in [3.8, 4) is 32.7 Å². The van der Waals surface area contributed by atoms with E-state index in [0.717, 1.165) is 34.4 Å². The molecule has 6 amide bonds. The number of rotatable bonds is 10. The molecule has 0 fully saturated rings. The molecule has 7 aromatic rings. The molecule has 10 bridgehead atoms. The summed E-state index contributed by atoms with van der Waals surface area (Å²) in [6, 6.07) is 9.24. The van der Waals surface area contributed by atoms with E-state index in [2.05, 4.69) is 36.6 Å². The molecule has 8 rings (SSSR count). The number of hydrogen-bond acceptors (Lipinski definition) is 21. The van der Waals surface area contributed by atoms with Gasteiger partial charge >= 0.3 is 0 Å². The van der Waals surface area contributed by atoms with E-state index in [1.165, 1.54) is 48.2 Å². The number of aliphatic hydroxyl groups excluding tert-OH is 1. The van der Waals surface area contributed by atoms with Gasteiger partial charge in [-0.1, -0.05) is 55.9 Å². The molecular weight excluding hydrogens is 1070 g/mol. The fourth-order valence-electron chi connectivity index (χ4n) is 7.42. The maximum absolute atomic E-state index is 14.1. The van der Waals surface area contributed by atoms with Crippen molar-refractivity contribution < 1.29 is 38.6 Å². The Kier molecular flexibility index (Phi) is 17.1. The van der Waals surface area contributed by atoms with Crippen molar-refractivity contribution >= 4 is 109 Å². The number of benzene rings is 1. The maximum atomic E-state index is 14.1. The predicted molar refractivity (Wildman–Crippen MR) is 284 cm³/mol. The van der Waals surface area contributed by atoms with Crippen LogP contribution in [0.4, 0.5) is 0 Å². The van der Waals surface area contributed by atoms with Gasteiger partial charge in [0.1, 0.15) is 76.4 Å². The van der Waals surface area contributed by atoms with Crippen LogP contribution in [0, 0.1) is 18.3 Å². The van der Waals surface area contributed by atoms with Gasteiger partial charge in [0.25, 0.3) is 17.7 Å². The zero-order valence-electron chi connectivity index (χ0n) is 40.0. The number of thioether (sulfide) groups is 1. The number of nitrogens with two attached hydrogens (primary N) is 1. The van der Waals surface area contributed by atoms with Gasteiger partial charge in [0.05, 0.1) is 48.0 Å². The molecule has 9 N–H and O–H groups in total. The second-order valence-corrected chi connectivity index (χ2v) is 22.7. The van der Waals surface area contributed by atoms with Crippen LogP contribution in [0.2, 0.25) is 0 Å². The monoisotopic (exact) mass is 1110 g/mol. The fourth-order valence-corrected chi connectivity index (χ4v) is 12.7. The van der Waals surface area contributed by atoms with E-state index >= 15 is 0 Å². The number of methoxy groups -OCH3 is 1. The first-order chi connectivity index (χ1) is 35.5. The zero-order chi connectivity index (χ0) is 52.8. The van der Waals surface area contributed by atoms with Crippen LogP contribution in [-0.2, 0) is 25.7 Å². The topological polar surface area (TPSA) is 319 Å². The summed E-state index contributed by atoms with van der Waals surface area (Å²) in [5.41, 5.74) is 7.71. The lowest BCUT2D eigenvalue weighted by Gasteiger charge is -2.23. The van der Waals surface area contributed by atoms with Crippen LogP contribution in [-0.4, -0.2) is 102 Å². The molecule has 0 unspecified atom stereocenters. The summed E-state index contributed by atoms with van der Waals surface area (Å²) in [7, 11) is 2.93. The van der Waals surface area contributed by atoms with Gasteiger partial charge in [0, 0.05) is 40.7 Å². The van der Waals surface area contributed by atoms with E-state index in [1.807, 2.05) is 13.8 Å². The summed E-state index contributed by atoms with van der Waals surface area (Å²) in [6.45, 7) is 4.95. The Labute approximate surface area is 447 Å². The normalized spacial score (nSPS) is 16.9. The van der Waals surface area contributed by atoms with E-state index in [0.29, 0.717) is 58.0 Å². The average molecular weight is 1110 g/mol. The van der Waals surface area contributed by atoms with Gasteiger partial charge in [-0.05, 0) is 30.5 Å². The van der Waals surface area contributed by atoms with Gasteiger partial charge < -0.3 is 42.2 Å². The third-order valence-corrected chi connectivity index (χ3v) is 16.9. The SMILES string of the molecule is CNC(=O)C[C@@H]1NC(=O)c2csc(n2)-c2ccc(C(=N)SCC(N)=O)nc2-c2csc(n2)-c2csc(n2)[C@H]([C@@H](O)c2ccccc2)NC(=O)CNC(=O)c2nc(sc2COC)[C@H](C(C)C)NC(=O)c2nc1sc2C. The minimum absolute atomic E-state index is 0.00168. The molecule has 0 radical (unpaired) electrons. The van der Waals surface area contributed by atoms with Crippen molar-refractivity contribution in [3.63, 3.8) is 0 Å². The molecule has 27 heteroatoms. The zero-order valence-corrected chi connectivity index (χ0v) is 44.9. The third-order valence-electron chi connectivity index (χ3n) is 11.1. The summed E-state index contributed by atoms with van der Waals surface area (Å²) >= 11 is 6.78. The number of carbonyl (C=O) groups excluding carboxylic acids is 6. The lowest BCUT2D eigenvalue weighted by molar-refractivity contribution is -0.122. The first kappa shape index (κ1) is 53.6. The van der Waals surface area contributed by atoms with Gasteiger partial charge in [0.2, 0.25) is 17.7 Å². The number of amides is 6.